The van der Waals surface area contributed by atoms with Crippen LogP contribution in [0.3, 0.4) is 0 Å². The van der Waals surface area contributed by atoms with Gasteiger partial charge < -0.3 is 14.2 Å². The molecule has 0 aliphatic carbocycles. The molecule has 150 valence electrons. The highest BCUT2D eigenvalue weighted by molar-refractivity contribution is 5.96. The number of ether oxygens (including phenoxy) is 3. The zero-order chi connectivity index (χ0) is 20.2. The number of carbonyl (C=O) groups is 1. The Balaban J connectivity index is 1.92. The first-order valence-corrected chi connectivity index (χ1v) is 10.3. The van der Waals surface area contributed by atoms with Gasteiger partial charge in [0, 0.05) is 12.2 Å². The summed E-state index contributed by atoms with van der Waals surface area (Å²) in [6, 6.07) is 18.5. The van der Waals surface area contributed by atoms with Crippen LogP contribution in [0.2, 0.25) is 0 Å². The molecule has 0 bridgehead atoms. The fourth-order valence-corrected chi connectivity index (χ4v) is 4.01. The zero-order valence-corrected chi connectivity index (χ0v) is 16.9. The van der Waals surface area contributed by atoms with Gasteiger partial charge in [-0.05, 0) is 66.3 Å². The lowest BCUT2D eigenvalue weighted by molar-refractivity contribution is -0.156. The van der Waals surface area contributed by atoms with Crippen LogP contribution in [0.1, 0.15) is 37.5 Å². The first-order valence-electron chi connectivity index (χ1n) is 10.3. The van der Waals surface area contributed by atoms with E-state index >= 15 is 0 Å². The summed E-state index contributed by atoms with van der Waals surface area (Å²) in [6.07, 6.45) is 1.25. The minimum atomic E-state index is -0.770. The maximum atomic E-state index is 12.8. The molecule has 4 heteroatoms. The largest absolute Gasteiger partial charge is 0.493 e. The van der Waals surface area contributed by atoms with Gasteiger partial charge in [-0.25, -0.2) is 4.79 Å². The van der Waals surface area contributed by atoms with Crippen molar-refractivity contribution in [3.63, 3.8) is 0 Å². The third-order valence-electron chi connectivity index (χ3n) is 5.29. The van der Waals surface area contributed by atoms with Gasteiger partial charge in [0.05, 0.1) is 13.2 Å². The van der Waals surface area contributed by atoms with Crippen LogP contribution in [-0.4, -0.2) is 25.8 Å². The second-order valence-corrected chi connectivity index (χ2v) is 7.11. The molecule has 0 radical (unpaired) electrons. The molecular weight excluding hydrogens is 364 g/mol. The summed E-state index contributed by atoms with van der Waals surface area (Å²) >= 11 is 0. The van der Waals surface area contributed by atoms with Gasteiger partial charge >= 0.3 is 5.97 Å². The minimum absolute atomic E-state index is 0.318. The van der Waals surface area contributed by atoms with Crippen LogP contribution in [0.4, 0.5) is 0 Å². The van der Waals surface area contributed by atoms with Crippen LogP contribution in [-0.2, 0) is 20.7 Å². The number of aryl methyl sites for hydroxylation is 1. The molecule has 3 aromatic carbocycles. The average molecular weight is 390 g/mol. The van der Waals surface area contributed by atoms with Gasteiger partial charge in [-0.3, -0.25) is 0 Å². The monoisotopic (exact) mass is 390 g/mol. The molecule has 4 rings (SSSR count). The lowest BCUT2D eigenvalue weighted by Gasteiger charge is -2.23. The first kappa shape index (κ1) is 19.5. The Bertz CT molecular complexity index is 1020. The highest BCUT2D eigenvalue weighted by Crippen LogP contribution is 2.39. The zero-order valence-electron chi connectivity index (χ0n) is 16.9. The third-order valence-corrected chi connectivity index (χ3v) is 5.29. The van der Waals surface area contributed by atoms with E-state index in [4.69, 9.17) is 14.2 Å². The molecule has 3 aromatic rings. The van der Waals surface area contributed by atoms with E-state index in [9.17, 15) is 4.79 Å². The van der Waals surface area contributed by atoms with Crippen molar-refractivity contribution in [2.24, 2.45) is 0 Å². The summed E-state index contributed by atoms with van der Waals surface area (Å²) in [7, 11) is 0. The Morgan fingerprint density at radius 3 is 2.76 bits per heavy atom. The normalized spacial score (nSPS) is 14.1. The van der Waals surface area contributed by atoms with Crippen molar-refractivity contribution >= 4 is 16.7 Å². The Hall–Kier alpha value is -2.85. The predicted octanol–water partition coefficient (Wildman–Crippen LogP) is 5.47. The van der Waals surface area contributed by atoms with Crippen LogP contribution in [0.15, 0.2) is 54.6 Å². The van der Waals surface area contributed by atoms with Crippen molar-refractivity contribution in [3.05, 3.63) is 65.7 Å². The topological polar surface area (TPSA) is 44.8 Å². The van der Waals surface area contributed by atoms with Crippen molar-refractivity contribution in [3.8, 4) is 16.9 Å². The SMILES string of the molecule is CCOC(=O)C(OCC)c1c(-c2ccc3c(c2)CCCO3)ccc2ccccc12. The summed E-state index contributed by atoms with van der Waals surface area (Å²) in [5.74, 6) is 0.599. The Morgan fingerprint density at radius 2 is 1.93 bits per heavy atom. The maximum Gasteiger partial charge on any atom is 0.339 e. The first-order chi connectivity index (χ1) is 14.2. The lowest BCUT2D eigenvalue weighted by atomic mass is 9.89. The standard InChI is InChI=1S/C25H26O4/c1-3-27-24(25(26)28-4-2)23-20-10-6-5-8-17(20)11-13-21(23)18-12-14-22-19(16-18)9-7-15-29-22/h5-6,8,10-14,16,24H,3-4,7,9,15H2,1-2H3. The van der Waals surface area contributed by atoms with Gasteiger partial charge in [-0.1, -0.05) is 42.5 Å². The van der Waals surface area contributed by atoms with Crippen LogP contribution < -0.4 is 4.74 Å². The molecule has 1 unspecified atom stereocenters. The van der Waals surface area contributed by atoms with Crippen molar-refractivity contribution in [1.82, 2.24) is 0 Å². The molecule has 0 fully saturated rings. The van der Waals surface area contributed by atoms with Gasteiger partial charge in [-0.2, -0.15) is 0 Å². The van der Waals surface area contributed by atoms with Gasteiger partial charge in [0.15, 0.2) is 6.10 Å². The lowest BCUT2D eigenvalue weighted by Crippen LogP contribution is -2.20. The maximum absolute atomic E-state index is 12.8. The van der Waals surface area contributed by atoms with Crippen LogP contribution in [0.5, 0.6) is 5.75 Å². The van der Waals surface area contributed by atoms with E-state index in [1.807, 2.05) is 38.1 Å². The van der Waals surface area contributed by atoms with Crippen molar-refractivity contribution in [2.45, 2.75) is 32.8 Å². The minimum Gasteiger partial charge on any atom is -0.493 e. The second kappa shape index (κ2) is 8.66. The Morgan fingerprint density at radius 1 is 1.07 bits per heavy atom. The molecule has 0 amide bonds. The quantitative estimate of drug-likeness (QED) is 0.523. The summed E-state index contributed by atoms with van der Waals surface area (Å²) < 4.78 is 17.1. The highest BCUT2D eigenvalue weighted by atomic mass is 16.6. The molecule has 1 aliphatic rings. The molecule has 1 atom stereocenters. The van der Waals surface area contributed by atoms with E-state index in [0.717, 1.165) is 52.7 Å². The Labute approximate surface area is 171 Å². The number of hydrogen-bond acceptors (Lipinski definition) is 4. The van der Waals surface area contributed by atoms with Gasteiger partial charge in [0.25, 0.3) is 0 Å². The van der Waals surface area contributed by atoms with Gasteiger partial charge in [-0.15, -0.1) is 0 Å². The van der Waals surface area contributed by atoms with Crippen LogP contribution in [0.25, 0.3) is 21.9 Å². The van der Waals surface area contributed by atoms with E-state index in [2.05, 4.69) is 30.3 Å². The fourth-order valence-electron chi connectivity index (χ4n) is 4.01. The molecule has 0 spiro atoms. The van der Waals surface area contributed by atoms with E-state index in [1.165, 1.54) is 5.56 Å². The van der Waals surface area contributed by atoms with Gasteiger partial charge in [0.1, 0.15) is 5.75 Å². The number of esters is 1. The molecule has 0 N–H and O–H groups in total. The molecule has 29 heavy (non-hydrogen) atoms. The summed E-state index contributed by atoms with van der Waals surface area (Å²) in [4.78, 5) is 12.8. The van der Waals surface area contributed by atoms with Crippen molar-refractivity contribution in [2.75, 3.05) is 19.8 Å². The van der Waals surface area contributed by atoms with Gasteiger partial charge in [0.2, 0.25) is 0 Å². The Kier molecular flexibility index (Phi) is 5.81. The molecule has 0 aromatic heterocycles. The van der Waals surface area contributed by atoms with E-state index < -0.39 is 6.10 Å². The van der Waals surface area contributed by atoms with E-state index in [0.29, 0.717) is 13.2 Å². The predicted molar refractivity (Wildman–Crippen MR) is 114 cm³/mol. The summed E-state index contributed by atoms with van der Waals surface area (Å²) in [5, 5.41) is 2.08. The second-order valence-electron chi connectivity index (χ2n) is 7.11. The van der Waals surface area contributed by atoms with Crippen LogP contribution >= 0.6 is 0 Å². The smallest absolute Gasteiger partial charge is 0.339 e. The van der Waals surface area contributed by atoms with E-state index in [1.54, 1.807) is 0 Å². The molecule has 0 saturated carbocycles. The van der Waals surface area contributed by atoms with Crippen molar-refractivity contribution in [1.29, 1.82) is 0 Å². The number of rotatable bonds is 6. The summed E-state index contributed by atoms with van der Waals surface area (Å²) in [6.45, 7) is 5.22. The van der Waals surface area contributed by atoms with E-state index in [-0.39, 0.29) is 5.97 Å². The molecule has 1 aliphatic heterocycles. The molecule has 1 heterocycles. The third kappa shape index (κ3) is 3.85. The van der Waals surface area contributed by atoms with Crippen molar-refractivity contribution < 1.29 is 19.0 Å². The summed E-state index contributed by atoms with van der Waals surface area (Å²) in [5.41, 5.74) is 4.12. The van der Waals surface area contributed by atoms with Crippen LogP contribution in [0, 0.1) is 0 Å². The fraction of sp³-hybridized carbons (Fsp3) is 0.320. The molecular formula is C25H26O4. The number of hydrogen-bond donors (Lipinski definition) is 0. The average Bonchev–Trinajstić information content (AvgIpc) is 2.76. The number of carbonyl (C=O) groups excluding carboxylic acids is 1. The molecule has 4 nitrogen and oxygen atoms in total. The molecule has 0 saturated heterocycles. The highest BCUT2D eigenvalue weighted by Gasteiger charge is 2.28. The number of fused-ring (bicyclic) bond motifs is 2. The number of benzene rings is 3.